The van der Waals surface area contributed by atoms with Gasteiger partial charge in [-0.05, 0) is 68.1 Å². The molecular formula is C28H34F3N3O4. The number of likely N-dealkylation sites (tertiary alicyclic amines) is 1. The Morgan fingerprint density at radius 3 is 2.34 bits per heavy atom. The van der Waals surface area contributed by atoms with Crippen LogP contribution in [0.3, 0.4) is 0 Å². The highest BCUT2D eigenvalue weighted by molar-refractivity contribution is 5.97. The molecule has 0 spiro atoms. The molecule has 206 valence electrons. The van der Waals surface area contributed by atoms with Gasteiger partial charge in [0.1, 0.15) is 11.8 Å². The number of hydrogen-bond acceptors (Lipinski definition) is 5. The van der Waals surface area contributed by atoms with E-state index in [1.165, 1.54) is 5.56 Å². The van der Waals surface area contributed by atoms with Crippen molar-refractivity contribution in [2.24, 2.45) is 0 Å². The second-order valence-corrected chi connectivity index (χ2v) is 10.1. The molecule has 4 rings (SSSR count). The summed E-state index contributed by atoms with van der Waals surface area (Å²) < 4.78 is 49.5. The first-order valence-electron chi connectivity index (χ1n) is 12.8. The fourth-order valence-corrected chi connectivity index (χ4v) is 4.88. The fraction of sp³-hybridized carbons (Fsp3) is 0.500. The number of halogens is 3. The van der Waals surface area contributed by atoms with Gasteiger partial charge in [0.25, 0.3) is 5.91 Å². The van der Waals surface area contributed by atoms with Crippen molar-refractivity contribution >= 4 is 11.8 Å². The zero-order valence-electron chi connectivity index (χ0n) is 21.6. The van der Waals surface area contributed by atoms with Gasteiger partial charge < -0.3 is 25.0 Å². The van der Waals surface area contributed by atoms with E-state index in [-0.39, 0.29) is 23.6 Å². The number of amides is 2. The van der Waals surface area contributed by atoms with E-state index in [4.69, 9.17) is 9.47 Å². The lowest BCUT2D eigenvalue weighted by atomic mass is 10.1. The van der Waals surface area contributed by atoms with Crippen LogP contribution in [0.2, 0.25) is 0 Å². The van der Waals surface area contributed by atoms with E-state index in [2.05, 4.69) is 29.7 Å². The molecule has 0 bridgehead atoms. The molecule has 0 unspecified atom stereocenters. The van der Waals surface area contributed by atoms with Crippen molar-refractivity contribution in [1.82, 2.24) is 15.5 Å². The molecule has 1 saturated heterocycles. The summed E-state index contributed by atoms with van der Waals surface area (Å²) in [6, 6.07) is 11.0. The SMILES string of the molecule is COc1ccc([C@@H]2C[C@@]2(C)NCCOC[C@H](NC(=O)c2ccc(C(F)(F)F)cc2)C(=O)N2CCCC2)cc1. The number of nitrogens with one attached hydrogen (secondary N) is 2. The quantitative estimate of drug-likeness (QED) is 0.427. The van der Waals surface area contributed by atoms with Crippen LogP contribution < -0.4 is 15.4 Å². The van der Waals surface area contributed by atoms with E-state index >= 15 is 0 Å². The molecule has 3 atom stereocenters. The minimum Gasteiger partial charge on any atom is -0.497 e. The highest BCUT2D eigenvalue weighted by atomic mass is 19.4. The first-order chi connectivity index (χ1) is 18.1. The molecule has 7 nitrogen and oxygen atoms in total. The third-order valence-electron chi connectivity index (χ3n) is 7.31. The van der Waals surface area contributed by atoms with Gasteiger partial charge >= 0.3 is 6.18 Å². The molecule has 2 aromatic rings. The van der Waals surface area contributed by atoms with Gasteiger partial charge in [-0.15, -0.1) is 0 Å². The summed E-state index contributed by atoms with van der Waals surface area (Å²) in [6.07, 6.45) is -1.70. The maximum Gasteiger partial charge on any atom is 0.416 e. The molecule has 2 fully saturated rings. The molecule has 0 radical (unpaired) electrons. The van der Waals surface area contributed by atoms with Crippen molar-refractivity contribution in [2.45, 2.75) is 49.9 Å². The Kier molecular flexibility index (Phi) is 8.62. The lowest BCUT2D eigenvalue weighted by molar-refractivity contribution is -0.137. The zero-order chi connectivity index (χ0) is 27.3. The van der Waals surface area contributed by atoms with Crippen molar-refractivity contribution in [2.75, 3.05) is 40.0 Å². The maximum absolute atomic E-state index is 13.0. The Bertz CT molecular complexity index is 1100. The summed E-state index contributed by atoms with van der Waals surface area (Å²) >= 11 is 0. The molecule has 1 saturated carbocycles. The van der Waals surface area contributed by atoms with Crippen LogP contribution in [-0.4, -0.2) is 68.3 Å². The highest BCUT2D eigenvalue weighted by Crippen LogP contribution is 2.51. The molecule has 0 aromatic heterocycles. The van der Waals surface area contributed by atoms with Crippen molar-refractivity contribution in [3.63, 3.8) is 0 Å². The van der Waals surface area contributed by atoms with E-state index < -0.39 is 23.7 Å². The number of alkyl halides is 3. The molecular weight excluding hydrogens is 499 g/mol. The van der Waals surface area contributed by atoms with Gasteiger partial charge in [0, 0.05) is 36.7 Å². The van der Waals surface area contributed by atoms with E-state index in [0.29, 0.717) is 32.2 Å². The molecule has 2 N–H and O–H groups in total. The monoisotopic (exact) mass is 533 g/mol. The van der Waals surface area contributed by atoms with Crippen LogP contribution in [0.4, 0.5) is 13.2 Å². The first-order valence-corrected chi connectivity index (χ1v) is 12.8. The normalized spacial score (nSPS) is 21.7. The second-order valence-electron chi connectivity index (χ2n) is 10.1. The maximum atomic E-state index is 13.0. The van der Waals surface area contributed by atoms with Gasteiger partial charge in [0.15, 0.2) is 0 Å². The van der Waals surface area contributed by atoms with Crippen LogP contribution >= 0.6 is 0 Å². The standard InChI is InChI=1S/C28H34F3N3O4/c1-27(17-23(27)19-7-11-22(37-2)12-8-19)32-13-16-38-18-24(26(36)34-14-3-4-15-34)33-25(35)20-5-9-21(10-6-20)28(29,30)31/h5-12,23-24,32H,3-4,13-18H2,1-2H3,(H,33,35)/t23-,24-,27+/m0/s1. The molecule has 2 aromatic carbocycles. The number of hydrogen-bond donors (Lipinski definition) is 2. The third kappa shape index (κ3) is 6.85. The predicted octanol–water partition coefficient (Wildman–Crippen LogP) is 3.99. The van der Waals surface area contributed by atoms with Crippen LogP contribution in [0.1, 0.15) is 53.6 Å². The lowest BCUT2D eigenvalue weighted by Gasteiger charge is -2.24. The van der Waals surface area contributed by atoms with E-state index in [9.17, 15) is 22.8 Å². The van der Waals surface area contributed by atoms with Gasteiger partial charge in [0.2, 0.25) is 5.91 Å². The average Bonchev–Trinajstić information content (AvgIpc) is 3.29. The minimum atomic E-state index is -4.49. The highest BCUT2D eigenvalue weighted by Gasteiger charge is 2.50. The Labute approximate surface area is 220 Å². The van der Waals surface area contributed by atoms with E-state index in [1.807, 2.05) is 12.1 Å². The molecule has 10 heteroatoms. The minimum absolute atomic E-state index is 0.0258. The molecule has 2 amide bonds. The van der Waals surface area contributed by atoms with Gasteiger partial charge in [-0.3, -0.25) is 9.59 Å². The number of methoxy groups -OCH3 is 1. The van der Waals surface area contributed by atoms with Crippen LogP contribution in [0.25, 0.3) is 0 Å². The third-order valence-corrected chi connectivity index (χ3v) is 7.31. The van der Waals surface area contributed by atoms with Crippen molar-refractivity contribution < 1.29 is 32.2 Å². The zero-order valence-corrected chi connectivity index (χ0v) is 21.6. The van der Waals surface area contributed by atoms with Crippen LogP contribution in [0, 0.1) is 0 Å². The summed E-state index contributed by atoms with van der Waals surface area (Å²) in [6.45, 7) is 4.26. The van der Waals surface area contributed by atoms with Gasteiger partial charge in [-0.1, -0.05) is 12.1 Å². The molecule has 2 aliphatic rings. The Balaban J connectivity index is 1.28. The van der Waals surface area contributed by atoms with Crippen LogP contribution in [0.5, 0.6) is 5.75 Å². The summed E-state index contributed by atoms with van der Waals surface area (Å²) in [7, 11) is 1.64. The number of carbonyl (C=O) groups is 2. The van der Waals surface area contributed by atoms with Crippen LogP contribution in [-0.2, 0) is 15.7 Å². The van der Waals surface area contributed by atoms with Gasteiger partial charge in [0.05, 0.1) is 25.9 Å². The molecule has 1 aliphatic heterocycles. The van der Waals surface area contributed by atoms with E-state index in [1.54, 1.807) is 12.0 Å². The summed E-state index contributed by atoms with van der Waals surface area (Å²) in [5.41, 5.74) is 0.404. The predicted molar refractivity (Wildman–Crippen MR) is 136 cm³/mol. The van der Waals surface area contributed by atoms with Crippen molar-refractivity contribution in [1.29, 1.82) is 0 Å². The smallest absolute Gasteiger partial charge is 0.416 e. The first kappa shape index (κ1) is 27.9. The average molecular weight is 534 g/mol. The largest absolute Gasteiger partial charge is 0.497 e. The molecule has 1 heterocycles. The Morgan fingerprint density at radius 1 is 1.08 bits per heavy atom. The number of benzene rings is 2. The number of ether oxygens (including phenoxy) is 2. The Hall–Kier alpha value is -3.11. The summed E-state index contributed by atoms with van der Waals surface area (Å²) in [5.74, 6) is 0.345. The number of rotatable bonds is 11. The summed E-state index contributed by atoms with van der Waals surface area (Å²) in [4.78, 5) is 27.5. The van der Waals surface area contributed by atoms with Crippen molar-refractivity contribution in [3.8, 4) is 5.75 Å². The van der Waals surface area contributed by atoms with Crippen molar-refractivity contribution in [3.05, 3.63) is 65.2 Å². The number of nitrogens with zero attached hydrogens (tertiary/aromatic N) is 1. The number of carbonyl (C=O) groups excluding carboxylic acids is 2. The fourth-order valence-electron chi connectivity index (χ4n) is 4.88. The van der Waals surface area contributed by atoms with E-state index in [0.717, 1.165) is 49.3 Å². The molecule has 38 heavy (non-hydrogen) atoms. The Morgan fingerprint density at radius 2 is 1.74 bits per heavy atom. The van der Waals surface area contributed by atoms with Gasteiger partial charge in [-0.25, -0.2) is 0 Å². The lowest BCUT2D eigenvalue weighted by Crippen LogP contribution is -2.50. The van der Waals surface area contributed by atoms with Crippen LogP contribution in [0.15, 0.2) is 48.5 Å². The topological polar surface area (TPSA) is 79.9 Å². The molecule has 1 aliphatic carbocycles. The second kappa shape index (κ2) is 11.7. The summed E-state index contributed by atoms with van der Waals surface area (Å²) in [5, 5.41) is 6.18. The van der Waals surface area contributed by atoms with Gasteiger partial charge in [-0.2, -0.15) is 13.2 Å².